The fourth-order valence-corrected chi connectivity index (χ4v) is 3.08. The molecular weight excluding hydrogens is 250 g/mol. The molecule has 1 aliphatic carbocycles. The van der Waals surface area contributed by atoms with E-state index < -0.39 is 0 Å². The third-order valence-electron chi connectivity index (χ3n) is 4.12. The van der Waals surface area contributed by atoms with Crippen molar-refractivity contribution in [3.8, 4) is 0 Å². The fourth-order valence-electron chi connectivity index (χ4n) is 3.08. The number of nitrogens with two attached hydrogens (primary N) is 2. The quantitative estimate of drug-likeness (QED) is 0.739. The van der Waals surface area contributed by atoms with E-state index in [9.17, 15) is 4.79 Å². The second-order valence-corrected chi connectivity index (χ2v) is 5.87. The molecular formula is C16H25N3O. The van der Waals surface area contributed by atoms with Crippen molar-refractivity contribution in [2.75, 3.05) is 11.5 Å². The summed E-state index contributed by atoms with van der Waals surface area (Å²) in [4.78, 5) is 12.2. The molecule has 0 spiro atoms. The number of nitrogens with one attached hydrogen (secondary N) is 1. The highest BCUT2D eigenvalue weighted by molar-refractivity contribution is 5.96. The Morgan fingerprint density at radius 2 is 1.75 bits per heavy atom. The highest BCUT2D eigenvalue weighted by atomic mass is 16.1. The van der Waals surface area contributed by atoms with Crippen LogP contribution < -0.4 is 16.8 Å². The Kier molecular flexibility index (Phi) is 4.88. The molecule has 1 aromatic rings. The van der Waals surface area contributed by atoms with Crippen LogP contribution in [0.2, 0.25) is 0 Å². The van der Waals surface area contributed by atoms with Gasteiger partial charge in [-0.3, -0.25) is 4.79 Å². The van der Waals surface area contributed by atoms with Crippen LogP contribution in [-0.2, 0) is 0 Å². The standard InChI is InChI=1S/C16H25N3O/c1-2-3-11-4-6-15(7-5-11)19-16(20)12-8-13(17)10-14(18)9-12/h8-11,15H,2-7,17-18H2,1H3,(H,19,20). The van der Waals surface area contributed by atoms with Crippen molar-refractivity contribution in [2.45, 2.75) is 51.5 Å². The molecule has 1 saturated carbocycles. The number of carbonyl (C=O) groups excluding carboxylic acids is 1. The summed E-state index contributed by atoms with van der Waals surface area (Å²) in [5.74, 6) is 0.777. The van der Waals surface area contributed by atoms with Gasteiger partial charge in [0, 0.05) is 23.0 Å². The predicted molar refractivity (Wildman–Crippen MR) is 83.4 cm³/mol. The Balaban J connectivity index is 1.89. The first-order chi connectivity index (χ1) is 9.58. The van der Waals surface area contributed by atoms with Gasteiger partial charge in [0.15, 0.2) is 0 Å². The topological polar surface area (TPSA) is 81.1 Å². The largest absolute Gasteiger partial charge is 0.399 e. The number of anilines is 2. The van der Waals surface area contributed by atoms with E-state index in [1.165, 1.54) is 25.7 Å². The molecule has 0 aliphatic heterocycles. The summed E-state index contributed by atoms with van der Waals surface area (Å²) in [5, 5.41) is 3.10. The SMILES string of the molecule is CCCC1CCC(NC(=O)c2cc(N)cc(N)c2)CC1. The van der Waals surface area contributed by atoms with Crippen molar-refractivity contribution < 1.29 is 4.79 Å². The van der Waals surface area contributed by atoms with Crippen LogP contribution in [0.5, 0.6) is 0 Å². The van der Waals surface area contributed by atoms with Crippen molar-refractivity contribution in [3.63, 3.8) is 0 Å². The number of hydrogen-bond donors (Lipinski definition) is 3. The third-order valence-corrected chi connectivity index (χ3v) is 4.12. The van der Waals surface area contributed by atoms with Crippen molar-refractivity contribution in [1.82, 2.24) is 5.32 Å². The van der Waals surface area contributed by atoms with E-state index in [-0.39, 0.29) is 5.91 Å². The van der Waals surface area contributed by atoms with Gasteiger partial charge in [0.2, 0.25) is 0 Å². The minimum atomic E-state index is -0.0667. The van der Waals surface area contributed by atoms with Gasteiger partial charge in [-0.25, -0.2) is 0 Å². The van der Waals surface area contributed by atoms with Crippen LogP contribution in [0.15, 0.2) is 18.2 Å². The van der Waals surface area contributed by atoms with Crippen LogP contribution in [0.25, 0.3) is 0 Å². The Bertz CT molecular complexity index is 445. The maximum absolute atomic E-state index is 12.2. The summed E-state index contributed by atoms with van der Waals surface area (Å²) >= 11 is 0. The van der Waals surface area contributed by atoms with E-state index >= 15 is 0 Å². The molecule has 2 rings (SSSR count). The van der Waals surface area contributed by atoms with Gasteiger partial charge < -0.3 is 16.8 Å². The molecule has 0 radical (unpaired) electrons. The molecule has 0 aromatic heterocycles. The number of rotatable bonds is 4. The zero-order chi connectivity index (χ0) is 14.5. The molecule has 110 valence electrons. The molecule has 0 atom stereocenters. The Hall–Kier alpha value is -1.71. The molecule has 0 heterocycles. The molecule has 0 unspecified atom stereocenters. The molecule has 1 aromatic carbocycles. The van der Waals surface area contributed by atoms with Gasteiger partial charge in [0.1, 0.15) is 0 Å². The second kappa shape index (κ2) is 6.64. The van der Waals surface area contributed by atoms with E-state index in [0.29, 0.717) is 23.0 Å². The molecule has 1 amide bonds. The van der Waals surface area contributed by atoms with Crippen LogP contribution in [0.4, 0.5) is 11.4 Å². The minimum absolute atomic E-state index is 0.0667. The smallest absolute Gasteiger partial charge is 0.251 e. The maximum Gasteiger partial charge on any atom is 0.251 e. The van der Waals surface area contributed by atoms with Crippen molar-refractivity contribution in [1.29, 1.82) is 0 Å². The zero-order valence-electron chi connectivity index (χ0n) is 12.2. The van der Waals surface area contributed by atoms with Crippen molar-refractivity contribution in [3.05, 3.63) is 23.8 Å². The van der Waals surface area contributed by atoms with Gasteiger partial charge in [-0.1, -0.05) is 19.8 Å². The zero-order valence-corrected chi connectivity index (χ0v) is 12.2. The average Bonchev–Trinajstić information content (AvgIpc) is 2.40. The molecule has 1 aliphatic rings. The summed E-state index contributed by atoms with van der Waals surface area (Å²) in [5.41, 5.74) is 13.1. The summed E-state index contributed by atoms with van der Waals surface area (Å²) in [6.45, 7) is 2.23. The van der Waals surface area contributed by atoms with Gasteiger partial charge in [-0.05, 0) is 49.8 Å². The second-order valence-electron chi connectivity index (χ2n) is 5.87. The monoisotopic (exact) mass is 275 g/mol. The highest BCUT2D eigenvalue weighted by Gasteiger charge is 2.22. The number of hydrogen-bond acceptors (Lipinski definition) is 3. The predicted octanol–water partition coefficient (Wildman–Crippen LogP) is 2.94. The van der Waals surface area contributed by atoms with E-state index in [0.717, 1.165) is 18.8 Å². The lowest BCUT2D eigenvalue weighted by Gasteiger charge is -2.29. The number of benzene rings is 1. The van der Waals surface area contributed by atoms with Crippen LogP contribution in [0.1, 0.15) is 55.8 Å². The van der Waals surface area contributed by atoms with Crippen LogP contribution in [0.3, 0.4) is 0 Å². The van der Waals surface area contributed by atoms with E-state index in [1.54, 1.807) is 18.2 Å². The Labute approximate surface area is 120 Å². The van der Waals surface area contributed by atoms with Gasteiger partial charge >= 0.3 is 0 Å². The Morgan fingerprint density at radius 3 is 2.30 bits per heavy atom. The van der Waals surface area contributed by atoms with Gasteiger partial charge in [-0.2, -0.15) is 0 Å². The fraction of sp³-hybridized carbons (Fsp3) is 0.562. The summed E-state index contributed by atoms with van der Waals surface area (Å²) in [6, 6.07) is 5.30. The first-order valence-electron chi connectivity index (χ1n) is 7.55. The number of amides is 1. The maximum atomic E-state index is 12.2. The van der Waals surface area contributed by atoms with Gasteiger partial charge in [0.25, 0.3) is 5.91 Å². The first-order valence-corrected chi connectivity index (χ1v) is 7.55. The van der Waals surface area contributed by atoms with Crippen molar-refractivity contribution in [2.24, 2.45) is 5.92 Å². The highest BCUT2D eigenvalue weighted by Crippen LogP contribution is 2.28. The van der Waals surface area contributed by atoms with Crippen molar-refractivity contribution >= 4 is 17.3 Å². The first kappa shape index (κ1) is 14.7. The van der Waals surface area contributed by atoms with Crippen LogP contribution in [0, 0.1) is 5.92 Å². The lowest BCUT2D eigenvalue weighted by Crippen LogP contribution is -2.37. The number of nitrogen functional groups attached to an aromatic ring is 2. The van der Waals surface area contributed by atoms with E-state index in [4.69, 9.17) is 11.5 Å². The third kappa shape index (κ3) is 3.89. The average molecular weight is 275 g/mol. The Morgan fingerprint density at radius 1 is 1.15 bits per heavy atom. The minimum Gasteiger partial charge on any atom is -0.399 e. The molecule has 0 bridgehead atoms. The molecule has 0 saturated heterocycles. The molecule has 1 fully saturated rings. The molecule has 4 heteroatoms. The normalized spacial score (nSPS) is 22.4. The van der Waals surface area contributed by atoms with Gasteiger partial charge in [-0.15, -0.1) is 0 Å². The summed E-state index contributed by atoms with van der Waals surface area (Å²) in [6.07, 6.45) is 7.16. The number of carbonyl (C=O) groups is 1. The lowest BCUT2D eigenvalue weighted by atomic mass is 9.83. The van der Waals surface area contributed by atoms with Crippen LogP contribution >= 0.6 is 0 Å². The van der Waals surface area contributed by atoms with E-state index in [2.05, 4.69) is 12.2 Å². The molecule has 20 heavy (non-hydrogen) atoms. The summed E-state index contributed by atoms with van der Waals surface area (Å²) in [7, 11) is 0. The van der Waals surface area contributed by atoms with Gasteiger partial charge in [0.05, 0.1) is 0 Å². The summed E-state index contributed by atoms with van der Waals surface area (Å²) < 4.78 is 0. The van der Waals surface area contributed by atoms with Crippen LogP contribution in [-0.4, -0.2) is 11.9 Å². The molecule has 5 N–H and O–H groups in total. The lowest BCUT2D eigenvalue weighted by molar-refractivity contribution is 0.0921. The molecule has 4 nitrogen and oxygen atoms in total. The van der Waals surface area contributed by atoms with E-state index in [1.807, 2.05) is 0 Å².